The van der Waals surface area contributed by atoms with Crippen LogP contribution in [0.15, 0.2) is 0 Å². The van der Waals surface area contributed by atoms with Crippen molar-refractivity contribution < 1.29 is 0 Å². The average Bonchev–Trinajstić information content (AvgIpc) is 2.09. The lowest BCUT2D eigenvalue weighted by atomic mass is 9.91. The van der Waals surface area contributed by atoms with Crippen LogP contribution in [0.2, 0.25) is 0 Å². The summed E-state index contributed by atoms with van der Waals surface area (Å²) >= 11 is 0. The molecule has 1 aliphatic rings. The van der Waals surface area contributed by atoms with Crippen LogP contribution in [0.3, 0.4) is 0 Å². The van der Waals surface area contributed by atoms with E-state index in [0.717, 1.165) is 17.8 Å². The van der Waals surface area contributed by atoms with Gasteiger partial charge in [-0.1, -0.05) is 6.92 Å². The second-order valence-corrected chi connectivity index (χ2v) is 4.02. The summed E-state index contributed by atoms with van der Waals surface area (Å²) in [7, 11) is 0. The maximum absolute atomic E-state index is 4.63. The van der Waals surface area contributed by atoms with E-state index >= 15 is 0 Å². The summed E-state index contributed by atoms with van der Waals surface area (Å²) in [5, 5.41) is 0. The predicted octanol–water partition coefficient (Wildman–Crippen LogP) is 2.53. The number of aromatic nitrogens is 2. The van der Waals surface area contributed by atoms with Crippen molar-refractivity contribution in [1.29, 1.82) is 0 Å². The molecular weight excluding hydrogens is 160 g/mol. The van der Waals surface area contributed by atoms with Gasteiger partial charge in [-0.25, -0.2) is 0 Å². The molecule has 0 spiro atoms. The van der Waals surface area contributed by atoms with Crippen molar-refractivity contribution in [2.24, 2.45) is 0 Å². The molecule has 0 amide bonds. The van der Waals surface area contributed by atoms with Gasteiger partial charge in [-0.2, -0.15) is 0 Å². The Bertz CT molecular complexity index is 331. The van der Waals surface area contributed by atoms with Crippen molar-refractivity contribution in [3.05, 3.63) is 22.8 Å². The maximum Gasteiger partial charge on any atom is 0.0650 e. The number of fused-ring (bicyclic) bond motifs is 1. The molecule has 1 unspecified atom stereocenters. The first-order valence-electron chi connectivity index (χ1n) is 5.02. The van der Waals surface area contributed by atoms with Gasteiger partial charge in [0, 0.05) is 5.92 Å². The highest BCUT2D eigenvalue weighted by Crippen LogP contribution is 2.28. The van der Waals surface area contributed by atoms with Gasteiger partial charge in [0.25, 0.3) is 0 Å². The zero-order chi connectivity index (χ0) is 9.42. The van der Waals surface area contributed by atoms with Crippen LogP contribution in [-0.4, -0.2) is 9.97 Å². The number of hydrogen-bond donors (Lipinski definition) is 0. The molecule has 0 aliphatic heterocycles. The van der Waals surface area contributed by atoms with Gasteiger partial charge >= 0.3 is 0 Å². The van der Waals surface area contributed by atoms with Crippen LogP contribution in [0.25, 0.3) is 0 Å². The van der Waals surface area contributed by atoms with E-state index in [9.17, 15) is 0 Å². The van der Waals surface area contributed by atoms with E-state index < -0.39 is 0 Å². The summed E-state index contributed by atoms with van der Waals surface area (Å²) in [5.74, 6) is 0.607. The molecule has 1 aromatic heterocycles. The molecule has 0 aromatic carbocycles. The van der Waals surface area contributed by atoms with E-state index in [1.54, 1.807) is 0 Å². The summed E-state index contributed by atoms with van der Waals surface area (Å²) in [6.07, 6.45) is 3.66. The molecule has 1 aliphatic carbocycles. The Morgan fingerprint density at radius 2 is 1.85 bits per heavy atom. The molecule has 0 radical (unpaired) electrons. The van der Waals surface area contributed by atoms with Crippen LogP contribution in [0.1, 0.15) is 48.5 Å². The summed E-state index contributed by atoms with van der Waals surface area (Å²) in [4.78, 5) is 9.23. The number of nitrogens with zero attached hydrogens (tertiary/aromatic N) is 2. The molecule has 13 heavy (non-hydrogen) atoms. The molecule has 2 rings (SSSR count). The SMILES string of the molecule is Cc1nc2c(nc1C)C(C)CCC2. The van der Waals surface area contributed by atoms with Gasteiger partial charge in [-0.05, 0) is 33.1 Å². The Morgan fingerprint density at radius 3 is 2.62 bits per heavy atom. The topological polar surface area (TPSA) is 25.8 Å². The van der Waals surface area contributed by atoms with Crippen LogP contribution in [0, 0.1) is 13.8 Å². The molecule has 0 fully saturated rings. The predicted molar refractivity (Wildman–Crippen MR) is 52.9 cm³/mol. The van der Waals surface area contributed by atoms with Crippen LogP contribution >= 0.6 is 0 Å². The van der Waals surface area contributed by atoms with Gasteiger partial charge in [0.15, 0.2) is 0 Å². The third-order valence-corrected chi connectivity index (χ3v) is 2.93. The minimum atomic E-state index is 0.607. The number of aryl methyl sites for hydroxylation is 3. The first-order valence-corrected chi connectivity index (χ1v) is 5.02. The molecule has 70 valence electrons. The van der Waals surface area contributed by atoms with Crippen LogP contribution in [0.4, 0.5) is 0 Å². The molecule has 2 heteroatoms. The van der Waals surface area contributed by atoms with E-state index in [-0.39, 0.29) is 0 Å². The van der Waals surface area contributed by atoms with Gasteiger partial charge in [0.05, 0.1) is 22.8 Å². The zero-order valence-corrected chi connectivity index (χ0v) is 8.59. The van der Waals surface area contributed by atoms with Crippen molar-refractivity contribution in [2.45, 2.75) is 46.0 Å². The Hall–Kier alpha value is -0.920. The third-order valence-electron chi connectivity index (χ3n) is 2.93. The normalized spacial score (nSPS) is 21.3. The fraction of sp³-hybridized carbons (Fsp3) is 0.636. The molecule has 1 atom stereocenters. The Balaban J connectivity index is 2.52. The van der Waals surface area contributed by atoms with E-state index in [1.807, 2.05) is 13.8 Å². The lowest BCUT2D eigenvalue weighted by Crippen LogP contribution is -2.13. The molecular formula is C11H16N2. The molecule has 1 heterocycles. The lowest BCUT2D eigenvalue weighted by Gasteiger charge is -2.21. The first-order chi connectivity index (χ1) is 6.18. The minimum Gasteiger partial charge on any atom is -0.254 e. The minimum absolute atomic E-state index is 0.607. The van der Waals surface area contributed by atoms with E-state index in [4.69, 9.17) is 0 Å². The van der Waals surface area contributed by atoms with E-state index in [1.165, 1.54) is 24.2 Å². The number of rotatable bonds is 0. The molecule has 1 aromatic rings. The molecule has 0 bridgehead atoms. The largest absolute Gasteiger partial charge is 0.254 e. The first kappa shape index (κ1) is 8.67. The monoisotopic (exact) mass is 176 g/mol. The van der Waals surface area contributed by atoms with Crippen LogP contribution in [-0.2, 0) is 6.42 Å². The summed E-state index contributed by atoms with van der Waals surface area (Å²) in [6.45, 7) is 6.34. The van der Waals surface area contributed by atoms with Crippen molar-refractivity contribution in [3.8, 4) is 0 Å². The third kappa shape index (κ3) is 1.45. The van der Waals surface area contributed by atoms with Crippen LogP contribution in [0.5, 0.6) is 0 Å². The quantitative estimate of drug-likeness (QED) is 0.607. The second kappa shape index (κ2) is 3.09. The molecule has 2 nitrogen and oxygen atoms in total. The van der Waals surface area contributed by atoms with E-state index in [2.05, 4.69) is 16.9 Å². The van der Waals surface area contributed by atoms with Crippen molar-refractivity contribution >= 4 is 0 Å². The fourth-order valence-electron chi connectivity index (χ4n) is 1.96. The highest BCUT2D eigenvalue weighted by Gasteiger charge is 2.19. The average molecular weight is 176 g/mol. The highest BCUT2D eigenvalue weighted by molar-refractivity contribution is 5.23. The maximum atomic E-state index is 4.63. The summed E-state index contributed by atoms with van der Waals surface area (Å²) < 4.78 is 0. The Morgan fingerprint density at radius 1 is 1.15 bits per heavy atom. The summed E-state index contributed by atoms with van der Waals surface area (Å²) in [5.41, 5.74) is 4.66. The van der Waals surface area contributed by atoms with Gasteiger partial charge in [-0.15, -0.1) is 0 Å². The second-order valence-electron chi connectivity index (χ2n) is 4.02. The molecule has 0 saturated carbocycles. The standard InChI is InChI=1S/C11H16N2/c1-7-5-4-6-10-11(7)13-9(3)8(2)12-10/h7H,4-6H2,1-3H3. The van der Waals surface area contributed by atoms with E-state index in [0.29, 0.717) is 5.92 Å². The summed E-state index contributed by atoms with van der Waals surface area (Å²) in [6, 6.07) is 0. The van der Waals surface area contributed by atoms with Gasteiger partial charge in [0.1, 0.15) is 0 Å². The van der Waals surface area contributed by atoms with Gasteiger partial charge in [-0.3, -0.25) is 9.97 Å². The fourth-order valence-corrected chi connectivity index (χ4v) is 1.96. The molecule has 0 N–H and O–H groups in total. The number of hydrogen-bond acceptors (Lipinski definition) is 2. The van der Waals surface area contributed by atoms with Crippen molar-refractivity contribution in [3.63, 3.8) is 0 Å². The van der Waals surface area contributed by atoms with Crippen molar-refractivity contribution in [2.75, 3.05) is 0 Å². The van der Waals surface area contributed by atoms with Crippen LogP contribution < -0.4 is 0 Å². The Kier molecular flexibility index (Phi) is 2.06. The smallest absolute Gasteiger partial charge is 0.0650 e. The Labute approximate surface area is 79.4 Å². The zero-order valence-electron chi connectivity index (χ0n) is 8.59. The lowest BCUT2D eigenvalue weighted by molar-refractivity contribution is 0.557. The van der Waals surface area contributed by atoms with Gasteiger partial charge < -0.3 is 0 Å². The molecule has 0 saturated heterocycles. The van der Waals surface area contributed by atoms with Gasteiger partial charge in [0.2, 0.25) is 0 Å². The highest BCUT2D eigenvalue weighted by atomic mass is 14.8. The van der Waals surface area contributed by atoms with Crippen molar-refractivity contribution in [1.82, 2.24) is 9.97 Å².